The zero-order valence-electron chi connectivity index (χ0n) is 50.6. The molecule has 3 heterocycles. The van der Waals surface area contributed by atoms with Gasteiger partial charge in [-0.3, -0.25) is 9.69 Å². The Kier molecular flexibility index (Phi) is 22.8. The number of aromatic nitrogens is 4. The van der Waals surface area contributed by atoms with Gasteiger partial charge in [0.25, 0.3) is 5.91 Å². The normalized spacial score (nSPS) is 12.8. The number of benzene rings is 4. The van der Waals surface area contributed by atoms with E-state index in [9.17, 15) is 36.7 Å². The maximum Gasteiger partial charge on any atom is 0.508 e. The molecule has 472 valence electrons. The summed E-state index contributed by atoms with van der Waals surface area (Å²) < 4.78 is 118. The molecule has 0 bridgehead atoms. The fraction of sp³-hybridized carbons (Fsp3) is 0.390. The molecule has 1 saturated heterocycles. The summed E-state index contributed by atoms with van der Waals surface area (Å²) >= 11 is 10.0. The van der Waals surface area contributed by atoms with Crippen LogP contribution in [0.2, 0.25) is 0 Å². The largest absolute Gasteiger partial charge is 0.508 e. The van der Waals surface area contributed by atoms with Crippen LogP contribution in [0.5, 0.6) is 23.8 Å². The van der Waals surface area contributed by atoms with E-state index in [2.05, 4.69) is 52.5 Å². The molecule has 1 aliphatic rings. The van der Waals surface area contributed by atoms with Gasteiger partial charge in [0.15, 0.2) is 22.4 Å². The monoisotopic (exact) mass is 1280 g/mol. The van der Waals surface area contributed by atoms with Gasteiger partial charge in [-0.25, -0.2) is 28.0 Å². The van der Waals surface area contributed by atoms with Crippen molar-refractivity contribution in [3.8, 4) is 29.9 Å². The van der Waals surface area contributed by atoms with Gasteiger partial charge in [0.1, 0.15) is 59.7 Å². The molecular weight excluding hydrogens is 1220 g/mol. The van der Waals surface area contributed by atoms with E-state index >= 15 is 4.39 Å². The van der Waals surface area contributed by atoms with Crippen LogP contribution in [0.15, 0.2) is 65.7 Å². The second kappa shape index (κ2) is 28.9. The second-order valence-electron chi connectivity index (χ2n) is 21.7. The quantitative estimate of drug-likeness (QED) is 0.0179. The van der Waals surface area contributed by atoms with Crippen LogP contribution in [0.3, 0.4) is 0 Å². The fourth-order valence-corrected chi connectivity index (χ4v) is 8.60. The third-order valence-electron chi connectivity index (χ3n) is 11.9. The topological polar surface area (TPSA) is 262 Å². The number of isothiocyanates is 1. The van der Waals surface area contributed by atoms with Crippen molar-refractivity contribution in [2.24, 2.45) is 4.99 Å². The van der Waals surface area contributed by atoms with Gasteiger partial charge in [0, 0.05) is 11.4 Å². The van der Waals surface area contributed by atoms with Crippen molar-refractivity contribution in [2.75, 3.05) is 62.9 Å². The number of aryl methyl sites for hydroxylation is 1. The van der Waals surface area contributed by atoms with Gasteiger partial charge in [-0.2, -0.15) is 43.4 Å². The summed E-state index contributed by atoms with van der Waals surface area (Å²) in [5.41, 5.74) is -3.79. The predicted octanol–water partition coefficient (Wildman–Crippen LogP) is 12.7. The molecule has 30 heteroatoms. The van der Waals surface area contributed by atoms with Crippen molar-refractivity contribution in [2.45, 2.75) is 105 Å². The molecule has 0 atom stereocenters. The molecule has 2 aromatic heterocycles. The van der Waals surface area contributed by atoms with Gasteiger partial charge in [0.2, 0.25) is 11.8 Å². The maximum absolute atomic E-state index is 15.6. The smallest absolute Gasteiger partial charge is 0.473 e. The average Bonchev–Trinajstić information content (AvgIpc) is 1.71. The minimum Gasteiger partial charge on any atom is -0.473 e. The number of hydrogen-bond acceptors (Lipinski definition) is 22. The zero-order valence-corrected chi connectivity index (χ0v) is 52.3. The Morgan fingerprint density at radius 2 is 1.28 bits per heavy atom. The second-order valence-corrected chi connectivity index (χ2v) is 22.3. The molecule has 1 fully saturated rings. The van der Waals surface area contributed by atoms with E-state index in [1.54, 1.807) is 67.5 Å². The molecule has 0 radical (unpaired) electrons. The molecule has 0 spiro atoms. The number of thiocarbonyl (C=S) groups is 2. The molecular formula is C59H61F5N10O13S2. The Hall–Kier alpha value is -9.64. The number of nitriles is 1. The van der Waals surface area contributed by atoms with E-state index in [-0.39, 0.29) is 94.2 Å². The summed E-state index contributed by atoms with van der Waals surface area (Å²) in [5.74, 6) is -2.93. The number of ether oxygens (including phenoxy) is 9. The highest BCUT2D eigenvalue weighted by Crippen LogP contribution is 2.42. The number of aliphatic imine (C=N–C) groups is 1. The molecule has 6 aromatic rings. The molecule has 89 heavy (non-hydrogen) atoms. The Morgan fingerprint density at radius 3 is 1.74 bits per heavy atom. The molecule has 0 saturated carbocycles. The van der Waals surface area contributed by atoms with Crippen LogP contribution >= 0.6 is 24.4 Å². The highest BCUT2D eigenvalue weighted by atomic mass is 32.1. The van der Waals surface area contributed by atoms with Gasteiger partial charge in [-0.1, -0.05) is 6.07 Å². The van der Waals surface area contributed by atoms with Crippen LogP contribution in [-0.4, -0.2) is 124 Å². The average molecular weight is 1280 g/mol. The summed E-state index contributed by atoms with van der Waals surface area (Å²) in [4.78, 5) is 74.7. The van der Waals surface area contributed by atoms with Gasteiger partial charge >= 0.3 is 36.5 Å². The van der Waals surface area contributed by atoms with E-state index in [0.29, 0.717) is 11.8 Å². The molecule has 0 unspecified atom stereocenters. The van der Waals surface area contributed by atoms with Gasteiger partial charge in [0.05, 0.1) is 72.4 Å². The summed E-state index contributed by atoms with van der Waals surface area (Å²) in [7, 11) is 3.86. The van der Waals surface area contributed by atoms with Crippen LogP contribution in [-0.2, 0) is 39.4 Å². The van der Waals surface area contributed by atoms with Gasteiger partial charge < -0.3 is 52.8 Å². The van der Waals surface area contributed by atoms with Crippen LogP contribution in [0.4, 0.5) is 60.0 Å². The number of fused-ring (bicyclic) bond motifs is 2. The fourth-order valence-electron chi connectivity index (χ4n) is 7.98. The zero-order chi connectivity index (χ0) is 66.6. The van der Waals surface area contributed by atoms with Crippen LogP contribution in [0.25, 0.3) is 26.7 Å². The number of anilines is 3. The lowest BCUT2D eigenvalue weighted by Crippen LogP contribution is -2.44. The van der Waals surface area contributed by atoms with E-state index in [4.69, 9.17) is 66.7 Å². The summed E-state index contributed by atoms with van der Waals surface area (Å²) in [6.45, 7) is 24.3. The van der Waals surface area contributed by atoms with E-state index < -0.39 is 75.4 Å². The number of esters is 1. The number of methoxy groups -OCH3 is 3. The maximum atomic E-state index is 15.6. The number of nitrogens with zero attached hydrogens (tertiary/aromatic N) is 9. The Balaban J connectivity index is 0.000000283. The number of hydrogen-bond donors (Lipinski definition) is 1. The first-order valence-corrected chi connectivity index (χ1v) is 27.1. The Labute approximate surface area is 518 Å². The van der Waals surface area contributed by atoms with Crippen molar-refractivity contribution in [1.29, 1.82) is 5.26 Å². The lowest BCUT2D eigenvalue weighted by Gasteiger charge is -2.29. The number of amides is 1. The summed E-state index contributed by atoms with van der Waals surface area (Å²) in [6, 6.07) is 14.4. The minimum atomic E-state index is -4.88. The lowest BCUT2D eigenvalue weighted by atomic mass is 10.0. The number of halogens is 5. The Morgan fingerprint density at radius 1 is 0.753 bits per heavy atom. The van der Waals surface area contributed by atoms with Crippen molar-refractivity contribution in [3.63, 3.8) is 0 Å². The number of rotatable bonds is 16. The first-order valence-electron chi connectivity index (χ1n) is 26.3. The molecule has 1 aliphatic heterocycles. The SMILES string of the molecule is COC(=O)C(C)(C)Nc1cc(F)c2nc(OC)nc(OCCOC(=O)OC(C)(C)C)c2c1.COc1nc(OCCOC(=O)OC(C)(C)C)c2cc(N3C(=S)N(c4ccc(C#N)c(C(F)(F)F)c4)C(=O)C3(C)C)cc(F)c2n1.[C-]#[N+]c1ccc(N=C=S)cc1C. The molecule has 0 aliphatic carbocycles. The summed E-state index contributed by atoms with van der Waals surface area (Å²) in [6.07, 6.45) is -6.64. The predicted molar refractivity (Wildman–Crippen MR) is 322 cm³/mol. The van der Waals surface area contributed by atoms with Crippen molar-refractivity contribution >= 4 is 109 Å². The molecule has 7 rings (SSSR count). The van der Waals surface area contributed by atoms with Crippen LogP contribution in [0.1, 0.15) is 85.9 Å². The number of carbonyl (C=O) groups excluding carboxylic acids is 4. The van der Waals surface area contributed by atoms with Crippen molar-refractivity contribution in [3.05, 3.63) is 100 Å². The highest BCUT2D eigenvalue weighted by Gasteiger charge is 2.51. The van der Waals surface area contributed by atoms with Gasteiger partial charge in [-0.15, -0.1) is 0 Å². The van der Waals surface area contributed by atoms with E-state index in [0.717, 1.165) is 28.3 Å². The van der Waals surface area contributed by atoms with Crippen LogP contribution < -0.4 is 34.1 Å². The molecule has 23 nitrogen and oxygen atoms in total. The standard InChI is InChI=1S/C29H27F4N5O6S.C21H28FN3O7.C9H6N2S/c1-27(2,3)44-26(40)43-10-9-42-22-18-11-17(13-20(30)21(18)35-24(36-22)41-6)38-25(45)37(23(39)28(38,4)5)16-8-7-15(14-34)19(12-16)29(31,32)33;1-20(2,3)32-19(27)31-9-8-30-16-13-10-12(25-21(4,5)17(26)28-6)11-14(22)15(13)23-18(24-16)29-7;1-7-5-8(11-6-12)3-4-9(7)10-2/h7-8,11-13H,9-10H2,1-6H3;10-11,25H,8-9H2,1-7H3;3-5H,1H3. The highest BCUT2D eigenvalue weighted by molar-refractivity contribution is 7.81. The number of carbonyl (C=O) groups is 4. The first kappa shape index (κ1) is 70.1. The molecule has 1 amide bonds. The number of nitrogens with one attached hydrogen (secondary N) is 1. The Bertz CT molecular complexity index is 3820. The molecule has 1 N–H and O–H groups in total. The lowest BCUT2D eigenvalue weighted by molar-refractivity contribution is -0.144. The third kappa shape index (κ3) is 18.2. The van der Waals surface area contributed by atoms with Gasteiger partial charge in [-0.05, 0) is 161 Å². The minimum absolute atomic E-state index is 0.0121. The number of alkyl halides is 3. The van der Waals surface area contributed by atoms with Crippen LogP contribution in [0, 0.1) is 36.5 Å². The van der Waals surface area contributed by atoms with E-state index in [1.807, 2.05) is 13.0 Å². The summed E-state index contributed by atoms with van der Waals surface area (Å²) in [5, 5.41) is 14.4. The third-order valence-corrected chi connectivity index (χ3v) is 12.3. The van der Waals surface area contributed by atoms with Crippen molar-refractivity contribution < 1.29 is 83.8 Å². The van der Waals surface area contributed by atoms with E-state index in [1.165, 1.54) is 70.4 Å². The molecule has 4 aromatic carbocycles. The van der Waals surface area contributed by atoms with Crippen molar-refractivity contribution in [1.82, 2.24) is 19.9 Å². The first-order chi connectivity index (χ1) is 41.5.